The Kier molecular flexibility index (Phi) is 4.99. The number of nitrogens with two attached hydrogens (primary N) is 1. The third kappa shape index (κ3) is 2.47. The first kappa shape index (κ1) is 13.0. The maximum absolute atomic E-state index is 5.60. The molecule has 0 spiro atoms. The van der Waals surface area contributed by atoms with Gasteiger partial charge in [-0.05, 0) is 0 Å². The van der Waals surface area contributed by atoms with Crippen molar-refractivity contribution < 1.29 is 0 Å². The van der Waals surface area contributed by atoms with Gasteiger partial charge in [-0.2, -0.15) is 0 Å². The van der Waals surface area contributed by atoms with Gasteiger partial charge in [0.15, 0.2) is 5.13 Å². The SMILES string of the molecule is CC1CNCc2sc(N)nc21.Cl.Cl. The Hall–Kier alpha value is -0.0300. The van der Waals surface area contributed by atoms with Gasteiger partial charge in [0.25, 0.3) is 0 Å². The minimum Gasteiger partial charge on any atom is -0.375 e. The molecule has 1 aliphatic rings. The van der Waals surface area contributed by atoms with E-state index in [0.717, 1.165) is 13.1 Å². The molecule has 0 aromatic carbocycles. The summed E-state index contributed by atoms with van der Waals surface area (Å²) in [5, 5.41) is 4.02. The molecule has 2 rings (SSSR count). The first-order valence-corrected chi connectivity index (χ1v) is 4.55. The minimum atomic E-state index is 0. The van der Waals surface area contributed by atoms with E-state index in [2.05, 4.69) is 17.2 Å². The molecule has 0 aliphatic carbocycles. The van der Waals surface area contributed by atoms with Gasteiger partial charge in [-0.3, -0.25) is 0 Å². The number of anilines is 1. The van der Waals surface area contributed by atoms with Crippen LogP contribution in [0.25, 0.3) is 0 Å². The molecule has 0 saturated heterocycles. The lowest BCUT2D eigenvalue weighted by atomic mass is 10.0. The number of aromatic nitrogens is 1. The van der Waals surface area contributed by atoms with E-state index in [4.69, 9.17) is 5.73 Å². The molecule has 1 aliphatic heterocycles. The summed E-state index contributed by atoms with van der Waals surface area (Å²) in [7, 11) is 0. The lowest BCUT2D eigenvalue weighted by molar-refractivity contribution is 0.567. The number of hydrogen-bond donors (Lipinski definition) is 2. The Bertz CT molecular complexity index is 277. The molecule has 0 fully saturated rings. The van der Waals surface area contributed by atoms with Gasteiger partial charge in [0.1, 0.15) is 0 Å². The topological polar surface area (TPSA) is 50.9 Å². The van der Waals surface area contributed by atoms with Gasteiger partial charge in [0, 0.05) is 23.9 Å². The Morgan fingerprint density at radius 2 is 2.23 bits per heavy atom. The smallest absolute Gasteiger partial charge is 0.180 e. The van der Waals surface area contributed by atoms with Crippen LogP contribution in [-0.4, -0.2) is 11.5 Å². The van der Waals surface area contributed by atoms with Crippen molar-refractivity contribution in [3.8, 4) is 0 Å². The monoisotopic (exact) mass is 241 g/mol. The van der Waals surface area contributed by atoms with Gasteiger partial charge < -0.3 is 11.1 Å². The second kappa shape index (κ2) is 5.00. The average Bonchev–Trinajstić information content (AvgIpc) is 2.31. The number of halogens is 2. The van der Waals surface area contributed by atoms with Crippen molar-refractivity contribution in [1.82, 2.24) is 10.3 Å². The number of rotatable bonds is 0. The molecule has 1 atom stereocenters. The quantitative estimate of drug-likeness (QED) is 0.729. The van der Waals surface area contributed by atoms with Crippen molar-refractivity contribution in [2.75, 3.05) is 12.3 Å². The van der Waals surface area contributed by atoms with E-state index in [1.54, 1.807) is 11.3 Å². The van der Waals surface area contributed by atoms with Crippen LogP contribution in [0, 0.1) is 0 Å². The summed E-state index contributed by atoms with van der Waals surface area (Å²) in [5.41, 5.74) is 6.80. The van der Waals surface area contributed by atoms with Crippen LogP contribution in [0.15, 0.2) is 0 Å². The molecule has 1 aromatic rings. The molecule has 0 saturated carbocycles. The molecular formula is C7H13Cl2N3S. The normalized spacial score (nSPS) is 19.6. The van der Waals surface area contributed by atoms with Gasteiger partial charge in [-0.25, -0.2) is 4.98 Å². The molecular weight excluding hydrogens is 229 g/mol. The number of fused-ring (bicyclic) bond motifs is 1. The van der Waals surface area contributed by atoms with Crippen molar-refractivity contribution >= 4 is 41.3 Å². The summed E-state index contributed by atoms with van der Waals surface area (Å²) in [6.07, 6.45) is 0. The molecule has 3 N–H and O–H groups in total. The van der Waals surface area contributed by atoms with Crippen LogP contribution in [0.2, 0.25) is 0 Å². The first-order chi connectivity index (χ1) is 5.27. The highest BCUT2D eigenvalue weighted by Gasteiger charge is 2.19. The summed E-state index contributed by atoms with van der Waals surface area (Å²) in [6.45, 7) is 4.13. The summed E-state index contributed by atoms with van der Waals surface area (Å²) in [4.78, 5) is 5.60. The maximum atomic E-state index is 5.60. The number of thiazole rings is 1. The van der Waals surface area contributed by atoms with Crippen LogP contribution < -0.4 is 11.1 Å². The number of hydrogen-bond acceptors (Lipinski definition) is 4. The number of nitrogen functional groups attached to an aromatic ring is 1. The van der Waals surface area contributed by atoms with Crippen LogP contribution in [0.1, 0.15) is 23.4 Å². The largest absolute Gasteiger partial charge is 0.375 e. The zero-order valence-electron chi connectivity index (χ0n) is 7.24. The third-order valence-electron chi connectivity index (χ3n) is 1.95. The highest BCUT2D eigenvalue weighted by molar-refractivity contribution is 7.15. The van der Waals surface area contributed by atoms with E-state index >= 15 is 0 Å². The molecule has 0 bridgehead atoms. The first-order valence-electron chi connectivity index (χ1n) is 3.73. The summed E-state index contributed by atoms with van der Waals surface area (Å²) < 4.78 is 0. The number of nitrogens with one attached hydrogen (secondary N) is 1. The van der Waals surface area contributed by atoms with E-state index in [1.807, 2.05) is 0 Å². The van der Waals surface area contributed by atoms with Gasteiger partial charge in [-0.1, -0.05) is 6.92 Å². The highest BCUT2D eigenvalue weighted by Crippen LogP contribution is 2.28. The van der Waals surface area contributed by atoms with Crippen molar-refractivity contribution in [3.63, 3.8) is 0 Å². The fourth-order valence-corrected chi connectivity index (χ4v) is 2.32. The third-order valence-corrected chi connectivity index (χ3v) is 2.85. The molecule has 2 heterocycles. The summed E-state index contributed by atoms with van der Waals surface area (Å²) in [5.74, 6) is 0.521. The zero-order valence-corrected chi connectivity index (χ0v) is 9.69. The van der Waals surface area contributed by atoms with Gasteiger partial charge >= 0.3 is 0 Å². The summed E-state index contributed by atoms with van der Waals surface area (Å²) in [6, 6.07) is 0. The Morgan fingerprint density at radius 3 is 2.85 bits per heavy atom. The minimum absolute atomic E-state index is 0. The van der Waals surface area contributed by atoms with E-state index in [0.29, 0.717) is 11.0 Å². The van der Waals surface area contributed by atoms with Crippen LogP contribution >= 0.6 is 36.2 Å². The molecule has 1 unspecified atom stereocenters. The van der Waals surface area contributed by atoms with Gasteiger partial charge in [-0.15, -0.1) is 36.2 Å². The average molecular weight is 242 g/mol. The second-order valence-corrected chi connectivity index (χ2v) is 4.01. The van der Waals surface area contributed by atoms with Crippen molar-refractivity contribution in [2.24, 2.45) is 0 Å². The van der Waals surface area contributed by atoms with Crippen LogP contribution in [0.5, 0.6) is 0 Å². The van der Waals surface area contributed by atoms with Crippen LogP contribution in [0.3, 0.4) is 0 Å². The number of nitrogens with zero attached hydrogens (tertiary/aromatic N) is 1. The lowest BCUT2D eigenvalue weighted by Crippen LogP contribution is -2.25. The molecule has 6 heteroatoms. The Labute approximate surface area is 93.9 Å². The standard InChI is InChI=1S/C7H11N3S.2ClH/c1-4-2-9-3-5-6(4)10-7(8)11-5;;/h4,9H,2-3H2,1H3,(H2,8,10);2*1H. The predicted molar refractivity (Wildman–Crippen MR) is 61.1 cm³/mol. The van der Waals surface area contributed by atoms with Crippen molar-refractivity contribution in [2.45, 2.75) is 19.4 Å². The van der Waals surface area contributed by atoms with Crippen LogP contribution in [-0.2, 0) is 6.54 Å². The molecule has 76 valence electrons. The lowest BCUT2D eigenvalue weighted by Gasteiger charge is -2.17. The van der Waals surface area contributed by atoms with E-state index in [9.17, 15) is 0 Å². The van der Waals surface area contributed by atoms with E-state index in [1.165, 1.54) is 10.6 Å². The fourth-order valence-electron chi connectivity index (χ4n) is 1.39. The van der Waals surface area contributed by atoms with Crippen LogP contribution in [0.4, 0.5) is 5.13 Å². The van der Waals surface area contributed by atoms with Crippen molar-refractivity contribution in [3.05, 3.63) is 10.6 Å². The second-order valence-electron chi connectivity index (χ2n) is 2.89. The summed E-state index contributed by atoms with van der Waals surface area (Å²) >= 11 is 1.60. The molecule has 1 aromatic heterocycles. The highest BCUT2D eigenvalue weighted by atomic mass is 35.5. The maximum Gasteiger partial charge on any atom is 0.180 e. The van der Waals surface area contributed by atoms with Crippen molar-refractivity contribution in [1.29, 1.82) is 0 Å². The predicted octanol–water partition coefficient (Wildman–Crippen LogP) is 1.78. The molecule has 0 radical (unpaired) electrons. The Balaban J connectivity index is 0.000000720. The van der Waals surface area contributed by atoms with Gasteiger partial charge in [0.2, 0.25) is 0 Å². The Morgan fingerprint density at radius 1 is 1.54 bits per heavy atom. The molecule has 0 amide bonds. The van der Waals surface area contributed by atoms with E-state index in [-0.39, 0.29) is 24.8 Å². The van der Waals surface area contributed by atoms with E-state index < -0.39 is 0 Å². The van der Waals surface area contributed by atoms with Gasteiger partial charge in [0.05, 0.1) is 5.69 Å². The molecule has 13 heavy (non-hydrogen) atoms. The molecule has 3 nitrogen and oxygen atoms in total. The fraction of sp³-hybridized carbons (Fsp3) is 0.571. The zero-order chi connectivity index (χ0) is 7.84.